The SMILES string of the molecule is COc1ccnc(NC2CCCC2CO)n1. The van der Waals surface area contributed by atoms with Crippen molar-refractivity contribution in [1.29, 1.82) is 0 Å². The number of nitrogens with one attached hydrogen (secondary N) is 1. The van der Waals surface area contributed by atoms with Gasteiger partial charge in [0.15, 0.2) is 0 Å². The van der Waals surface area contributed by atoms with E-state index in [-0.39, 0.29) is 12.6 Å². The summed E-state index contributed by atoms with van der Waals surface area (Å²) < 4.78 is 5.03. The number of aromatic nitrogens is 2. The molecule has 1 aromatic rings. The van der Waals surface area contributed by atoms with Crippen LogP contribution in [0.25, 0.3) is 0 Å². The number of hydrogen-bond acceptors (Lipinski definition) is 5. The third-order valence-electron chi connectivity index (χ3n) is 3.05. The molecule has 0 aliphatic heterocycles. The van der Waals surface area contributed by atoms with Gasteiger partial charge in [-0.2, -0.15) is 4.98 Å². The number of methoxy groups -OCH3 is 1. The molecule has 1 heterocycles. The summed E-state index contributed by atoms with van der Waals surface area (Å²) in [6.07, 6.45) is 4.94. The summed E-state index contributed by atoms with van der Waals surface area (Å²) >= 11 is 0. The lowest BCUT2D eigenvalue weighted by Gasteiger charge is -2.18. The zero-order valence-electron chi connectivity index (χ0n) is 9.39. The maximum absolute atomic E-state index is 9.21. The van der Waals surface area contributed by atoms with Crippen LogP contribution >= 0.6 is 0 Å². The molecule has 5 heteroatoms. The van der Waals surface area contributed by atoms with Gasteiger partial charge in [0, 0.05) is 30.8 Å². The third-order valence-corrected chi connectivity index (χ3v) is 3.05. The van der Waals surface area contributed by atoms with Crippen molar-refractivity contribution in [2.24, 2.45) is 5.92 Å². The number of rotatable bonds is 4. The molecule has 0 bridgehead atoms. The second-order valence-electron chi connectivity index (χ2n) is 4.05. The van der Waals surface area contributed by atoms with Crippen molar-refractivity contribution < 1.29 is 9.84 Å². The molecule has 2 atom stereocenters. The molecule has 1 aliphatic carbocycles. The van der Waals surface area contributed by atoms with E-state index in [2.05, 4.69) is 15.3 Å². The molecule has 0 aromatic carbocycles. The van der Waals surface area contributed by atoms with E-state index in [0.29, 0.717) is 17.7 Å². The van der Waals surface area contributed by atoms with Gasteiger partial charge in [0.25, 0.3) is 0 Å². The largest absolute Gasteiger partial charge is 0.481 e. The first kappa shape index (κ1) is 11.1. The van der Waals surface area contributed by atoms with Crippen LogP contribution in [0.5, 0.6) is 5.88 Å². The maximum Gasteiger partial charge on any atom is 0.226 e. The van der Waals surface area contributed by atoms with Gasteiger partial charge in [0.1, 0.15) is 0 Å². The van der Waals surface area contributed by atoms with Crippen molar-refractivity contribution in [3.63, 3.8) is 0 Å². The van der Waals surface area contributed by atoms with Crippen molar-refractivity contribution in [1.82, 2.24) is 9.97 Å². The van der Waals surface area contributed by atoms with Gasteiger partial charge in [-0.15, -0.1) is 0 Å². The average Bonchev–Trinajstić information content (AvgIpc) is 2.76. The van der Waals surface area contributed by atoms with Crippen molar-refractivity contribution in [2.45, 2.75) is 25.3 Å². The summed E-state index contributed by atoms with van der Waals surface area (Å²) in [6.45, 7) is 0.224. The molecular weight excluding hydrogens is 206 g/mol. The lowest BCUT2D eigenvalue weighted by atomic mass is 10.1. The van der Waals surface area contributed by atoms with Crippen LogP contribution in [0.1, 0.15) is 19.3 Å². The molecule has 0 saturated heterocycles. The first-order valence-electron chi connectivity index (χ1n) is 5.58. The fourth-order valence-electron chi connectivity index (χ4n) is 2.14. The minimum absolute atomic E-state index is 0.224. The third kappa shape index (κ3) is 2.41. The van der Waals surface area contributed by atoms with Crippen molar-refractivity contribution in [3.8, 4) is 5.88 Å². The van der Waals surface area contributed by atoms with Crippen molar-refractivity contribution in [2.75, 3.05) is 19.0 Å². The summed E-state index contributed by atoms with van der Waals surface area (Å²) in [5.41, 5.74) is 0. The lowest BCUT2D eigenvalue weighted by Crippen LogP contribution is -2.27. The average molecular weight is 223 g/mol. The molecule has 2 unspecified atom stereocenters. The van der Waals surface area contributed by atoms with Crippen LogP contribution in [0.2, 0.25) is 0 Å². The number of aliphatic hydroxyl groups excluding tert-OH is 1. The topological polar surface area (TPSA) is 67.3 Å². The van der Waals surface area contributed by atoms with Crippen LogP contribution in [-0.4, -0.2) is 34.8 Å². The second-order valence-corrected chi connectivity index (χ2v) is 4.05. The molecule has 0 spiro atoms. The first-order valence-corrected chi connectivity index (χ1v) is 5.58. The predicted molar refractivity (Wildman–Crippen MR) is 60.4 cm³/mol. The Morgan fingerprint density at radius 2 is 2.44 bits per heavy atom. The number of ether oxygens (including phenoxy) is 1. The Kier molecular flexibility index (Phi) is 3.56. The van der Waals surface area contributed by atoms with Gasteiger partial charge in [-0.3, -0.25) is 0 Å². The molecule has 2 rings (SSSR count). The van der Waals surface area contributed by atoms with Crippen LogP contribution in [0, 0.1) is 5.92 Å². The van der Waals surface area contributed by atoms with E-state index in [1.807, 2.05) is 0 Å². The Morgan fingerprint density at radius 3 is 3.19 bits per heavy atom. The Labute approximate surface area is 94.9 Å². The van der Waals surface area contributed by atoms with E-state index in [0.717, 1.165) is 19.3 Å². The number of hydrogen-bond donors (Lipinski definition) is 2. The van der Waals surface area contributed by atoms with Gasteiger partial charge in [-0.05, 0) is 12.8 Å². The van der Waals surface area contributed by atoms with E-state index in [9.17, 15) is 5.11 Å². The van der Waals surface area contributed by atoms with E-state index >= 15 is 0 Å². The summed E-state index contributed by atoms with van der Waals surface area (Å²) in [7, 11) is 1.58. The van der Waals surface area contributed by atoms with Crippen LogP contribution in [0.4, 0.5) is 5.95 Å². The van der Waals surface area contributed by atoms with Gasteiger partial charge in [0.2, 0.25) is 11.8 Å². The number of nitrogens with zero attached hydrogens (tertiary/aromatic N) is 2. The Bertz CT molecular complexity index is 346. The standard InChI is InChI=1S/C11H17N3O2/c1-16-10-5-6-12-11(14-10)13-9-4-2-3-8(9)7-15/h5-6,8-9,15H,2-4,7H2,1H3,(H,12,13,14). The molecule has 1 aromatic heterocycles. The molecule has 1 saturated carbocycles. The Morgan fingerprint density at radius 1 is 1.56 bits per heavy atom. The smallest absolute Gasteiger partial charge is 0.226 e. The Hall–Kier alpha value is -1.36. The predicted octanol–water partition coefficient (Wildman–Crippen LogP) is 1.06. The molecule has 5 nitrogen and oxygen atoms in total. The summed E-state index contributed by atoms with van der Waals surface area (Å²) in [4.78, 5) is 8.33. The van der Waals surface area contributed by atoms with Gasteiger partial charge in [-0.25, -0.2) is 4.98 Å². The molecule has 16 heavy (non-hydrogen) atoms. The fraction of sp³-hybridized carbons (Fsp3) is 0.636. The van der Waals surface area contributed by atoms with E-state index in [4.69, 9.17) is 4.74 Å². The molecule has 2 N–H and O–H groups in total. The minimum Gasteiger partial charge on any atom is -0.481 e. The highest BCUT2D eigenvalue weighted by atomic mass is 16.5. The fourth-order valence-corrected chi connectivity index (χ4v) is 2.14. The maximum atomic E-state index is 9.21. The molecular formula is C11H17N3O2. The zero-order valence-corrected chi connectivity index (χ0v) is 9.39. The van der Waals surface area contributed by atoms with Crippen molar-refractivity contribution in [3.05, 3.63) is 12.3 Å². The quantitative estimate of drug-likeness (QED) is 0.798. The molecule has 1 aliphatic rings. The van der Waals surface area contributed by atoms with Crippen LogP contribution < -0.4 is 10.1 Å². The van der Waals surface area contributed by atoms with E-state index in [1.54, 1.807) is 19.4 Å². The normalized spacial score (nSPS) is 24.4. The molecule has 1 fully saturated rings. The van der Waals surface area contributed by atoms with Gasteiger partial charge < -0.3 is 15.2 Å². The van der Waals surface area contributed by atoms with Crippen molar-refractivity contribution >= 4 is 5.95 Å². The number of anilines is 1. The van der Waals surface area contributed by atoms with Gasteiger partial charge >= 0.3 is 0 Å². The highest BCUT2D eigenvalue weighted by molar-refractivity contribution is 5.29. The van der Waals surface area contributed by atoms with E-state index in [1.165, 1.54) is 0 Å². The minimum atomic E-state index is 0.224. The highest BCUT2D eigenvalue weighted by Crippen LogP contribution is 2.27. The number of aliphatic hydroxyl groups is 1. The zero-order chi connectivity index (χ0) is 11.4. The summed E-state index contributed by atoms with van der Waals surface area (Å²) in [5, 5.41) is 12.5. The summed E-state index contributed by atoms with van der Waals surface area (Å²) in [6, 6.07) is 1.99. The van der Waals surface area contributed by atoms with Crippen LogP contribution in [0.15, 0.2) is 12.3 Å². The van der Waals surface area contributed by atoms with E-state index < -0.39 is 0 Å². The molecule has 0 amide bonds. The molecule has 88 valence electrons. The van der Waals surface area contributed by atoms with Crippen LogP contribution in [-0.2, 0) is 0 Å². The Balaban J connectivity index is 2.02. The van der Waals surface area contributed by atoms with Crippen LogP contribution in [0.3, 0.4) is 0 Å². The monoisotopic (exact) mass is 223 g/mol. The second kappa shape index (κ2) is 5.12. The lowest BCUT2D eigenvalue weighted by molar-refractivity contribution is 0.222. The molecule has 0 radical (unpaired) electrons. The van der Waals surface area contributed by atoms with Gasteiger partial charge in [-0.1, -0.05) is 6.42 Å². The first-order chi connectivity index (χ1) is 7.83. The summed E-state index contributed by atoms with van der Waals surface area (Å²) in [5.74, 6) is 1.44. The highest BCUT2D eigenvalue weighted by Gasteiger charge is 2.26. The van der Waals surface area contributed by atoms with Gasteiger partial charge in [0.05, 0.1) is 7.11 Å².